The van der Waals surface area contributed by atoms with Crippen molar-refractivity contribution in [3.63, 3.8) is 0 Å². The number of benzene rings is 2. The lowest BCUT2D eigenvalue weighted by molar-refractivity contribution is 0.385. The predicted molar refractivity (Wildman–Crippen MR) is 78.1 cm³/mol. The van der Waals surface area contributed by atoms with Gasteiger partial charge >= 0.3 is 0 Å². The Morgan fingerprint density at radius 1 is 1.14 bits per heavy atom. The summed E-state index contributed by atoms with van der Waals surface area (Å²) in [6, 6.07) is 12.2. The molecule has 1 N–H and O–H groups in total. The lowest BCUT2D eigenvalue weighted by Crippen LogP contribution is -2.26. The Morgan fingerprint density at radius 2 is 1.81 bits per heavy atom. The Morgan fingerprint density at radius 3 is 2.43 bits per heavy atom. The molecule has 0 bridgehead atoms. The predicted octanol–water partition coefficient (Wildman–Crippen LogP) is 2.87. The third kappa shape index (κ3) is 3.59. The van der Waals surface area contributed by atoms with Crippen LogP contribution in [0.25, 0.3) is 0 Å². The molecule has 2 aromatic rings. The summed E-state index contributed by atoms with van der Waals surface area (Å²) in [7, 11) is -2.47. The van der Waals surface area contributed by atoms with Gasteiger partial charge in [0, 0.05) is 12.1 Å². The SMILES string of the molecule is COc1cc(S(=O)(=O)N[C@@H](C)c2ccccc2)ccc1F. The van der Waals surface area contributed by atoms with E-state index in [9.17, 15) is 12.8 Å². The lowest BCUT2D eigenvalue weighted by Gasteiger charge is -2.15. The maximum absolute atomic E-state index is 13.3. The molecule has 0 aromatic heterocycles. The quantitative estimate of drug-likeness (QED) is 0.924. The molecule has 0 spiro atoms. The van der Waals surface area contributed by atoms with Crippen LogP contribution in [0.4, 0.5) is 4.39 Å². The zero-order chi connectivity index (χ0) is 15.5. The van der Waals surface area contributed by atoms with Gasteiger partial charge in [-0.25, -0.2) is 17.5 Å². The fraction of sp³-hybridized carbons (Fsp3) is 0.200. The summed E-state index contributed by atoms with van der Waals surface area (Å²) in [5, 5.41) is 0. The molecular formula is C15H16FNO3S. The van der Waals surface area contributed by atoms with E-state index >= 15 is 0 Å². The molecule has 0 aliphatic heterocycles. The first-order valence-electron chi connectivity index (χ1n) is 6.35. The van der Waals surface area contributed by atoms with Gasteiger partial charge in [0.2, 0.25) is 10.0 Å². The molecule has 0 unspecified atom stereocenters. The maximum Gasteiger partial charge on any atom is 0.241 e. The average molecular weight is 309 g/mol. The number of ether oxygens (including phenoxy) is 1. The molecule has 6 heteroatoms. The van der Waals surface area contributed by atoms with E-state index in [1.807, 2.05) is 30.3 Å². The van der Waals surface area contributed by atoms with E-state index in [4.69, 9.17) is 4.74 Å². The van der Waals surface area contributed by atoms with Gasteiger partial charge in [-0.15, -0.1) is 0 Å². The Kier molecular flexibility index (Phi) is 4.59. The molecule has 0 fully saturated rings. The van der Waals surface area contributed by atoms with E-state index in [1.54, 1.807) is 6.92 Å². The minimum atomic E-state index is -3.75. The zero-order valence-corrected chi connectivity index (χ0v) is 12.5. The third-order valence-corrected chi connectivity index (χ3v) is 4.60. The molecule has 1 atom stereocenters. The van der Waals surface area contributed by atoms with Gasteiger partial charge < -0.3 is 4.74 Å². The van der Waals surface area contributed by atoms with E-state index in [2.05, 4.69) is 4.72 Å². The number of nitrogens with one attached hydrogen (secondary N) is 1. The van der Waals surface area contributed by atoms with Crippen LogP contribution in [0.2, 0.25) is 0 Å². The molecule has 112 valence electrons. The van der Waals surface area contributed by atoms with Crippen molar-refractivity contribution < 1.29 is 17.5 Å². The summed E-state index contributed by atoms with van der Waals surface area (Å²) in [6.45, 7) is 1.74. The number of sulfonamides is 1. The summed E-state index contributed by atoms with van der Waals surface area (Å²) < 4.78 is 45.3. The van der Waals surface area contributed by atoms with Crippen LogP contribution in [0.15, 0.2) is 53.4 Å². The Bertz CT molecular complexity index is 717. The van der Waals surface area contributed by atoms with Gasteiger partial charge in [-0.1, -0.05) is 30.3 Å². The second-order valence-electron chi connectivity index (χ2n) is 4.55. The van der Waals surface area contributed by atoms with Crippen molar-refractivity contribution >= 4 is 10.0 Å². The molecule has 4 nitrogen and oxygen atoms in total. The van der Waals surface area contributed by atoms with Gasteiger partial charge in [0.25, 0.3) is 0 Å². The molecule has 0 aliphatic rings. The summed E-state index contributed by atoms with van der Waals surface area (Å²) >= 11 is 0. The van der Waals surface area contributed by atoms with Crippen molar-refractivity contribution in [2.45, 2.75) is 17.9 Å². The van der Waals surface area contributed by atoms with Crippen molar-refractivity contribution in [1.82, 2.24) is 4.72 Å². The fourth-order valence-electron chi connectivity index (χ4n) is 1.92. The molecule has 21 heavy (non-hydrogen) atoms. The highest BCUT2D eigenvalue weighted by molar-refractivity contribution is 7.89. The van der Waals surface area contributed by atoms with Gasteiger partial charge in [-0.2, -0.15) is 0 Å². The highest BCUT2D eigenvalue weighted by Crippen LogP contribution is 2.23. The zero-order valence-electron chi connectivity index (χ0n) is 11.7. The van der Waals surface area contributed by atoms with Crippen molar-refractivity contribution in [3.05, 3.63) is 59.9 Å². The van der Waals surface area contributed by atoms with Crippen molar-refractivity contribution in [3.8, 4) is 5.75 Å². The van der Waals surface area contributed by atoms with Crippen molar-refractivity contribution in [1.29, 1.82) is 0 Å². The van der Waals surface area contributed by atoms with Crippen LogP contribution in [0.1, 0.15) is 18.5 Å². The smallest absolute Gasteiger partial charge is 0.241 e. The number of halogens is 1. The highest BCUT2D eigenvalue weighted by atomic mass is 32.2. The molecule has 0 radical (unpaired) electrons. The van der Waals surface area contributed by atoms with Crippen LogP contribution in [0.3, 0.4) is 0 Å². The monoisotopic (exact) mass is 309 g/mol. The van der Waals surface area contributed by atoms with Crippen LogP contribution < -0.4 is 9.46 Å². The number of hydrogen-bond donors (Lipinski definition) is 1. The number of hydrogen-bond acceptors (Lipinski definition) is 3. The number of methoxy groups -OCH3 is 1. The Labute approximate surface area is 123 Å². The van der Waals surface area contributed by atoms with Crippen LogP contribution in [0, 0.1) is 5.82 Å². The third-order valence-electron chi connectivity index (χ3n) is 3.06. The minimum Gasteiger partial charge on any atom is -0.494 e. The van der Waals surface area contributed by atoms with Crippen LogP contribution in [-0.2, 0) is 10.0 Å². The fourth-order valence-corrected chi connectivity index (χ4v) is 3.16. The molecular weight excluding hydrogens is 293 g/mol. The standard InChI is InChI=1S/C15H16FNO3S/c1-11(12-6-4-3-5-7-12)17-21(18,19)13-8-9-14(16)15(10-13)20-2/h3-11,17H,1-2H3/t11-/m0/s1. The molecule has 0 saturated heterocycles. The second kappa shape index (κ2) is 6.24. The first-order valence-corrected chi connectivity index (χ1v) is 7.83. The van der Waals surface area contributed by atoms with E-state index in [1.165, 1.54) is 13.2 Å². The summed E-state index contributed by atoms with van der Waals surface area (Å²) in [5.74, 6) is -0.710. The summed E-state index contributed by atoms with van der Waals surface area (Å²) in [4.78, 5) is -0.0384. The molecule has 0 amide bonds. The average Bonchev–Trinajstić information content (AvgIpc) is 2.48. The lowest BCUT2D eigenvalue weighted by atomic mass is 10.1. The summed E-state index contributed by atoms with van der Waals surface area (Å²) in [6.07, 6.45) is 0. The van der Waals surface area contributed by atoms with E-state index in [0.717, 1.165) is 17.7 Å². The normalized spacial score (nSPS) is 12.9. The number of rotatable bonds is 5. The highest BCUT2D eigenvalue weighted by Gasteiger charge is 2.20. The van der Waals surface area contributed by atoms with Gasteiger partial charge in [-0.3, -0.25) is 0 Å². The Balaban J connectivity index is 2.26. The minimum absolute atomic E-state index is 0.0384. The first-order chi connectivity index (χ1) is 9.94. The molecule has 0 heterocycles. The van der Waals surface area contributed by atoms with Gasteiger partial charge in [0.15, 0.2) is 11.6 Å². The van der Waals surface area contributed by atoms with Gasteiger partial charge in [0.05, 0.1) is 12.0 Å². The Hall–Kier alpha value is -1.92. The van der Waals surface area contributed by atoms with Crippen molar-refractivity contribution in [2.75, 3.05) is 7.11 Å². The van der Waals surface area contributed by atoms with Gasteiger partial charge in [0.1, 0.15) is 0 Å². The van der Waals surface area contributed by atoms with Crippen LogP contribution in [0.5, 0.6) is 5.75 Å². The van der Waals surface area contributed by atoms with Crippen LogP contribution in [-0.4, -0.2) is 15.5 Å². The topological polar surface area (TPSA) is 55.4 Å². The van der Waals surface area contributed by atoms with Crippen LogP contribution >= 0.6 is 0 Å². The van der Waals surface area contributed by atoms with Gasteiger partial charge in [-0.05, 0) is 24.6 Å². The maximum atomic E-state index is 13.3. The van der Waals surface area contributed by atoms with E-state index < -0.39 is 21.9 Å². The second-order valence-corrected chi connectivity index (χ2v) is 6.26. The molecule has 2 rings (SSSR count). The molecule has 0 aliphatic carbocycles. The molecule has 2 aromatic carbocycles. The van der Waals surface area contributed by atoms with E-state index in [0.29, 0.717) is 0 Å². The largest absolute Gasteiger partial charge is 0.494 e. The van der Waals surface area contributed by atoms with E-state index in [-0.39, 0.29) is 10.6 Å². The molecule has 0 saturated carbocycles. The van der Waals surface area contributed by atoms with Crippen molar-refractivity contribution in [2.24, 2.45) is 0 Å². The summed E-state index contributed by atoms with van der Waals surface area (Å²) in [5.41, 5.74) is 0.843. The first kappa shape index (κ1) is 15.5.